The molecule has 1 aliphatic rings. The van der Waals surface area contributed by atoms with Gasteiger partial charge in [0.05, 0.1) is 6.20 Å². The maximum atomic E-state index is 5.98. The molecule has 0 bridgehead atoms. The Morgan fingerprint density at radius 2 is 2.22 bits per heavy atom. The van der Waals surface area contributed by atoms with E-state index >= 15 is 0 Å². The van der Waals surface area contributed by atoms with Crippen LogP contribution >= 0.6 is 0 Å². The number of hydrogen-bond acceptors (Lipinski definition) is 2. The van der Waals surface area contributed by atoms with Gasteiger partial charge in [0, 0.05) is 17.3 Å². The molecule has 2 rings (SSSR count). The normalized spacial score (nSPS) is 21.3. The lowest BCUT2D eigenvalue weighted by atomic mass is 9.92. The summed E-state index contributed by atoms with van der Waals surface area (Å²) in [5, 5.41) is 0. The topological polar surface area (TPSA) is 38.4 Å². The number of nitrogens with zero attached hydrogens (tertiary/aromatic N) is 1. The minimum Gasteiger partial charge on any atom is -0.399 e. The molecule has 2 heteroatoms. The summed E-state index contributed by atoms with van der Waals surface area (Å²) in [5.74, 6) is 1.52. The Hall–Kier alpha value is -2.05. The molecule has 1 unspecified atom stereocenters. The van der Waals surface area contributed by atoms with E-state index in [0.29, 0.717) is 17.8 Å². The summed E-state index contributed by atoms with van der Waals surface area (Å²) < 4.78 is 0. The molecule has 1 saturated carbocycles. The first kappa shape index (κ1) is 17.3. The van der Waals surface area contributed by atoms with Crippen LogP contribution in [0.15, 0.2) is 53.4 Å². The molecule has 0 amide bonds. The van der Waals surface area contributed by atoms with E-state index in [4.69, 9.17) is 5.73 Å². The Kier molecular flexibility index (Phi) is 5.63. The van der Waals surface area contributed by atoms with Crippen LogP contribution in [-0.4, -0.2) is 5.71 Å². The Morgan fingerprint density at radius 1 is 1.48 bits per heavy atom. The second-order valence-electron chi connectivity index (χ2n) is 6.72. The number of anilines is 1. The first-order valence-electron chi connectivity index (χ1n) is 8.46. The molecule has 0 radical (unpaired) electrons. The van der Waals surface area contributed by atoms with Crippen LogP contribution in [0.25, 0.3) is 0 Å². The Bertz CT molecular complexity index is 673. The van der Waals surface area contributed by atoms with Crippen molar-refractivity contribution in [1.29, 1.82) is 0 Å². The zero-order chi connectivity index (χ0) is 17.0. The van der Waals surface area contributed by atoms with Crippen LogP contribution in [0.4, 0.5) is 5.69 Å². The van der Waals surface area contributed by atoms with Crippen molar-refractivity contribution in [3.8, 4) is 0 Å². The summed E-state index contributed by atoms with van der Waals surface area (Å²) in [4.78, 5) is 4.58. The van der Waals surface area contributed by atoms with Gasteiger partial charge in [-0.05, 0) is 60.9 Å². The van der Waals surface area contributed by atoms with E-state index in [2.05, 4.69) is 63.2 Å². The number of rotatable bonds is 6. The molecule has 0 saturated heterocycles. The highest BCUT2D eigenvalue weighted by molar-refractivity contribution is 6.00. The van der Waals surface area contributed by atoms with Gasteiger partial charge in [0.1, 0.15) is 0 Å². The molecule has 2 nitrogen and oxygen atoms in total. The molecular formula is C21H28N2. The zero-order valence-electron chi connectivity index (χ0n) is 14.8. The first-order valence-corrected chi connectivity index (χ1v) is 8.46. The third-order valence-corrected chi connectivity index (χ3v) is 4.56. The van der Waals surface area contributed by atoms with E-state index < -0.39 is 0 Å². The van der Waals surface area contributed by atoms with Gasteiger partial charge in [0.25, 0.3) is 0 Å². The van der Waals surface area contributed by atoms with Gasteiger partial charge in [-0.15, -0.1) is 5.73 Å². The fourth-order valence-electron chi connectivity index (χ4n) is 3.01. The fourth-order valence-corrected chi connectivity index (χ4v) is 3.01. The van der Waals surface area contributed by atoms with Crippen LogP contribution in [0.2, 0.25) is 0 Å². The van der Waals surface area contributed by atoms with Gasteiger partial charge in [-0.2, -0.15) is 0 Å². The molecule has 2 atom stereocenters. The molecule has 0 aliphatic heterocycles. The molecule has 122 valence electrons. The molecule has 0 aromatic heterocycles. The number of nitrogen functional groups attached to an aromatic ring is 1. The number of nitrogens with two attached hydrogens (primary N) is 1. The largest absolute Gasteiger partial charge is 0.399 e. The zero-order valence-corrected chi connectivity index (χ0v) is 14.8. The van der Waals surface area contributed by atoms with Crippen LogP contribution in [-0.2, 0) is 0 Å². The van der Waals surface area contributed by atoms with Crippen molar-refractivity contribution in [3.05, 3.63) is 59.5 Å². The Morgan fingerprint density at radius 3 is 2.83 bits per heavy atom. The molecule has 1 aromatic carbocycles. The summed E-state index contributed by atoms with van der Waals surface area (Å²) in [5.41, 5.74) is 14.9. The van der Waals surface area contributed by atoms with Gasteiger partial charge in [-0.25, -0.2) is 0 Å². The third kappa shape index (κ3) is 4.24. The molecule has 0 heterocycles. The Labute approximate surface area is 140 Å². The second kappa shape index (κ2) is 7.48. The molecule has 2 N–H and O–H groups in total. The number of allylic oxidation sites excluding steroid dienone is 2. The van der Waals surface area contributed by atoms with Gasteiger partial charge in [-0.1, -0.05) is 39.0 Å². The fraction of sp³-hybridized carbons (Fsp3) is 0.429. The number of benzene rings is 1. The predicted octanol–water partition coefficient (Wildman–Crippen LogP) is 5.59. The van der Waals surface area contributed by atoms with Crippen LogP contribution in [0.5, 0.6) is 0 Å². The van der Waals surface area contributed by atoms with E-state index in [9.17, 15) is 0 Å². The van der Waals surface area contributed by atoms with Crippen molar-refractivity contribution >= 4 is 11.4 Å². The molecule has 1 aliphatic carbocycles. The number of aliphatic imine (C=N–C) groups is 1. The highest BCUT2D eigenvalue weighted by atomic mass is 14.7. The van der Waals surface area contributed by atoms with Crippen molar-refractivity contribution in [2.75, 3.05) is 5.73 Å². The first-order chi connectivity index (χ1) is 11.0. The van der Waals surface area contributed by atoms with Crippen molar-refractivity contribution < 1.29 is 0 Å². The van der Waals surface area contributed by atoms with E-state index in [1.54, 1.807) is 6.20 Å². The number of hydrogen-bond donors (Lipinski definition) is 1. The maximum absolute atomic E-state index is 5.98. The van der Waals surface area contributed by atoms with Gasteiger partial charge >= 0.3 is 0 Å². The Balaban J connectivity index is 2.31. The predicted molar refractivity (Wildman–Crippen MR) is 101 cm³/mol. The van der Waals surface area contributed by atoms with Crippen LogP contribution in [0.3, 0.4) is 0 Å². The van der Waals surface area contributed by atoms with Gasteiger partial charge in [-0.3, -0.25) is 4.99 Å². The monoisotopic (exact) mass is 308 g/mol. The van der Waals surface area contributed by atoms with Gasteiger partial charge in [0.15, 0.2) is 0 Å². The average Bonchev–Trinajstić information content (AvgIpc) is 3.31. The maximum Gasteiger partial charge on any atom is 0.0684 e. The SMILES string of the molecule is C=C=C/N=C(\C=C(/C)CC)[C@H]1CC1c1ccc(N)cc1C(C)C. The van der Waals surface area contributed by atoms with Crippen molar-refractivity contribution in [3.63, 3.8) is 0 Å². The molecule has 23 heavy (non-hydrogen) atoms. The van der Waals surface area contributed by atoms with E-state index in [1.807, 2.05) is 6.07 Å². The molecular weight excluding hydrogens is 280 g/mol. The van der Waals surface area contributed by atoms with E-state index in [-0.39, 0.29) is 0 Å². The molecule has 0 spiro atoms. The standard InChI is InChI=1S/C21H28N2/c1-6-10-23-21(11-15(5)7-2)20-13-19(20)17-9-8-16(22)12-18(17)14(3)4/h8-12,14,19-20H,1,7,13,22H2,2-5H3/b15-11+,23-21+/t19?,20-/m0/s1. The third-order valence-electron chi connectivity index (χ3n) is 4.56. The van der Waals surface area contributed by atoms with Gasteiger partial charge < -0.3 is 5.73 Å². The highest BCUT2D eigenvalue weighted by Crippen LogP contribution is 2.51. The smallest absolute Gasteiger partial charge is 0.0684 e. The molecule has 1 fully saturated rings. The van der Waals surface area contributed by atoms with E-state index in [1.165, 1.54) is 16.7 Å². The summed E-state index contributed by atoms with van der Waals surface area (Å²) in [7, 11) is 0. The van der Waals surface area contributed by atoms with Crippen LogP contribution < -0.4 is 5.73 Å². The second-order valence-corrected chi connectivity index (χ2v) is 6.72. The van der Waals surface area contributed by atoms with Crippen molar-refractivity contribution in [1.82, 2.24) is 0 Å². The summed E-state index contributed by atoms with van der Waals surface area (Å²) in [6.07, 6.45) is 6.11. The minimum absolute atomic E-state index is 0.483. The highest BCUT2D eigenvalue weighted by Gasteiger charge is 2.42. The average molecular weight is 308 g/mol. The molecule has 1 aromatic rings. The summed E-state index contributed by atoms with van der Waals surface area (Å²) >= 11 is 0. The van der Waals surface area contributed by atoms with E-state index in [0.717, 1.165) is 24.2 Å². The lowest BCUT2D eigenvalue weighted by Crippen LogP contribution is -2.03. The minimum atomic E-state index is 0.483. The van der Waals surface area contributed by atoms with Crippen LogP contribution in [0, 0.1) is 5.92 Å². The summed E-state index contributed by atoms with van der Waals surface area (Å²) in [6.45, 7) is 12.4. The van der Waals surface area contributed by atoms with Crippen LogP contribution in [0.1, 0.15) is 63.5 Å². The quantitative estimate of drug-likeness (QED) is 0.415. The van der Waals surface area contributed by atoms with Crippen molar-refractivity contribution in [2.24, 2.45) is 10.9 Å². The lowest BCUT2D eigenvalue weighted by Gasteiger charge is -2.14. The van der Waals surface area contributed by atoms with Gasteiger partial charge in [0.2, 0.25) is 0 Å². The van der Waals surface area contributed by atoms with Crippen molar-refractivity contribution in [2.45, 2.75) is 52.4 Å². The lowest BCUT2D eigenvalue weighted by molar-refractivity contribution is 0.838. The summed E-state index contributed by atoms with van der Waals surface area (Å²) in [6, 6.07) is 6.35.